The van der Waals surface area contributed by atoms with Crippen LogP contribution < -0.4 is 0 Å². The number of hydrogen-bond donors (Lipinski definition) is 0. The fraction of sp³-hybridized carbons (Fsp3) is 0.167. The van der Waals surface area contributed by atoms with E-state index in [1.807, 2.05) is 0 Å². The molecule has 3 rings (SSSR count). The molecule has 2 aromatic carbocycles. The Morgan fingerprint density at radius 2 is 1.75 bits per heavy atom. The lowest BCUT2D eigenvalue weighted by molar-refractivity contribution is -0.141. The Balaban J connectivity index is 2.24. The summed E-state index contributed by atoms with van der Waals surface area (Å²) >= 11 is 6.06. The summed E-state index contributed by atoms with van der Waals surface area (Å²) in [4.78, 5) is -0.545. The van der Waals surface area contributed by atoms with Crippen LogP contribution in [-0.2, 0) is 16.0 Å². The number of aromatic nitrogens is 2. The van der Waals surface area contributed by atoms with Crippen LogP contribution in [0.15, 0.2) is 47.4 Å². The summed E-state index contributed by atoms with van der Waals surface area (Å²) in [6.45, 7) is 1.73. The summed E-state index contributed by atoms with van der Waals surface area (Å²) in [6.07, 6.45) is -3.88. The number of rotatable bonds is 3. The maximum atomic E-state index is 14.3. The van der Waals surface area contributed by atoms with E-state index < -0.39 is 32.4 Å². The van der Waals surface area contributed by atoms with Gasteiger partial charge in [0.1, 0.15) is 10.7 Å². The maximum absolute atomic E-state index is 14.3. The molecule has 10 heteroatoms. The van der Waals surface area contributed by atoms with Crippen LogP contribution in [0, 0.1) is 12.7 Å². The zero-order chi connectivity index (χ0) is 20.9. The first-order chi connectivity index (χ1) is 12.9. The number of nitrogens with zero attached hydrogens (tertiary/aromatic N) is 2. The molecule has 4 nitrogen and oxygen atoms in total. The highest BCUT2D eigenvalue weighted by Crippen LogP contribution is 2.34. The minimum atomic E-state index is -4.72. The summed E-state index contributed by atoms with van der Waals surface area (Å²) < 4.78 is 78.0. The molecule has 148 valence electrons. The maximum Gasteiger partial charge on any atom is 0.435 e. The average molecular weight is 433 g/mol. The van der Waals surface area contributed by atoms with Gasteiger partial charge in [-0.1, -0.05) is 23.7 Å². The summed E-state index contributed by atoms with van der Waals surface area (Å²) in [5, 5.41) is 3.92. The van der Waals surface area contributed by atoms with Crippen LogP contribution in [0.25, 0.3) is 16.9 Å². The Bertz CT molecular complexity index is 1170. The van der Waals surface area contributed by atoms with Crippen molar-refractivity contribution in [3.05, 3.63) is 64.6 Å². The Hall–Kier alpha value is -2.39. The van der Waals surface area contributed by atoms with Gasteiger partial charge in [-0.3, -0.25) is 0 Å². The van der Waals surface area contributed by atoms with Crippen LogP contribution in [-0.4, -0.2) is 24.5 Å². The molecule has 0 spiro atoms. The van der Waals surface area contributed by atoms with Crippen molar-refractivity contribution in [2.45, 2.75) is 18.0 Å². The van der Waals surface area contributed by atoms with E-state index in [4.69, 9.17) is 11.6 Å². The quantitative estimate of drug-likeness (QED) is 0.543. The van der Waals surface area contributed by atoms with Crippen LogP contribution >= 0.6 is 11.6 Å². The zero-order valence-electron chi connectivity index (χ0n) is 14.6. The average Bonchev–Trinajstić information content (AvgIpc) is 3.01. The van der Waals surface area contributed by atoms with Crippen molar-refractivity contribution < 1.29 is 26.0 Å². The third-order valence-electron chi connectivity index (χ3n) is 4.03. The largest absolute Gasteiger partial charge is 0.435 e. The van der Waals surface area contributed by atoms with Crippen molar-refractivity contribution in [1.82, 2.24) is 9.78 Å². The molecule has 0 aliphatic heterocycles. The van der Waals surface area contributed by atoms with E-state index in [1.54, 1.807) is 13.0 Å². The molecule has 0 amide bonds. The van der Waals surface area contributed by atoms with E-state index in [0.29, 0.717) is 5.02 Å². The van der Waals surface area contributed by atoms with Gasteiger partial charge in [0.05, 0.1) is 11.4 Å². The van der Waals surface area contributed by atoms with Crippen molar-refractivity contribution in [3.63, 3.8) is 0 Å². The van der Waals surface area contributed by atoms with Crippen molar-refractivity contribution in [2.75, 3.05) is 6.26 Å². The van der Waals surface area contributed by atoms with Gasteiger partial charge >= 0.3 is 6.18 Å². The number of hydrogen-bond acceptors (Lipinski definition) is 3. The molecule has 3 aromatic rings. The normalized spacial score (nSPS) is 12.4. The predicted molar refractivity (Wildman–Crippen MR) is 96.8 cm³/mol. The highest BCUT2D eigenvalue weighted by Gasteiger charge is 2.35. The molecule has 0 saturated heterocycles. The van der Waals surface area contributed by atoms with Crippen molar-refractivity contribution >= 4 is 21.4 Å². The Morgan fingerprint density at radius 3 is 2.29 bits per heavy atom. The molecule has 0 atom stereocenters. The minimum absolute atomic E-state index is 0.0320. The highest BCUT2D eigenvalue weighted by molar-refractivity contribution is 7.90. The fourth-order valence-corrected chi connectivity index (χ4v) is 3.50. The number of benzene rings is 2. The number of aryl methyl sites for hydroxylation is 1. The first-order valence-electron chi connectivity index (χ1n) is 7.81. The number of sulfone groups is 1. The lowest BCUT2D eigenvalue weighted by Gasteiger charge is -2.10. The molecule has 0 saturated carbocycles. The molecule has 1 aromatic heterocycles. The molecular formula is C18H13ClF4N2O2S. The Morgan fingerprint density at radius 1 is 1.07 bits per heavy atom. The molecule has 0 aliphatic carbocycles. The first-order valence-corrected chi connectivity index (χ1v) is 10.1. The van der Waals surface area contributed by atoms with Gasteiger partial charge in [0.15, 0.2) is 15.5 Å². The highest BCUT2D eigenvalue weighted by atomic mass is 35.5. The monoisotopic (exact) mass is 432 g/mol. The second-order valence-corrected chi connectivity index (χ2v) is 8.57. The van der Waals surface area contributed by atoms with E-state index >= 15 is 0 Å². The Kier molecular flexibility index (Phi) is 5.01. The van der Waals surface area contributed by atoms with Gasteiger partial charge in [0.25, 0.3) is 0 Å². The minimum Gasteiger partial charge on any atom is -0.232 e. The standard InChI is InChI=1S/C18H13ClF4N2O2S/c1-10-3-5-12(8-13(10)19)25-15(9-17(24-25)18(21,22)23)11-4-6-16(14(20)7-11)28(2,26)27/h3-9H,1-2H3. The van der Waals surface area contributed by atoms with E-state index in [2.05, 4.69) is 5.10 Å². The van der Waals surface area contributed by atoms with Gasteiger partial charge in [0.2, 0.25) is 0 Å². The van der Waals surface area contributed by atoms with Crippen molar-refractivity contribution in [3.8, 4) is 16.9 Å². The van der Waals surface area contributed by atoms with E-state index in [9.17, 15) is 26.0 Å². The predicted octanol–water partition coefficient (Wildman–Crippen LogP) is 5.06. The molecule has 0 fully saturated rings. The molecule has 28 heavy (non-hydrogen) atoms. The topological polar surface area (TPSA) is 52.0 Å². The molecular weight excluding hydrogens is 420 g/mol. The molecule has 0 N–H and O–H groups in total. The van der Waals surface area contributed by atoms with Gasteiger partial charge in [-0.15, -0.1) is 0 Å². The Labute approximate surface area is 163 Å². The molecule has 1 heterocycles. The fourth-order valence-electron chi connectivity index (χ4n) is 2.60. The zero-order valence-corrected chi connectivity index (χ0v) is 16.1. The third-order valence-corrected chi connectivity index (χ3v) is 5.56. The van der Waals surface area contributed by atoms with Crippen LogP contribution in [0.2, 0.25) is 5.02 Å². The van der Waals surface area contributed by atoms with Gasteiger partial charge < -0.3 is 0 Å². The van der Waals surface area contributed by atoms with Crippen LogP contribution in [0.1, 0.15) is 11.3 Å². The van der Waals surface area contributed by atoms with Crippen LogP contribution in [0.5, 0.6) is 0 Å². The van der Waals surface area contributed by atoms with Gasteiger partial charge in [-0.05, 0) is 42.8 Å². The smallest absolute Gasteiger partial charge is 0.232 e. The van der Waals surface area contributed by atoms with Crippen molar-refractivity contribution in [2.24, 2.45) is 0 Å². The molecule has 0 bridgehead atoms. The van der Waals surface area contributed by atoms with Gasteiger partial charge in [0, 0.05) is 16.8 Å². The molecule has 0 unspecified atom stereocenters. The second kappa shape index (κ2) is 6.89. The number of alkyl halides is 3. The van der Waals surface area contributed by atoms with Crippen molar-refractivity contribution in [1.29, 1.82) is 0 Å². The summed E-state index contributed by atoms with van der Waals surface area (Å²) in [5.74, 6) is -1.07. The molecule has 0 aliphatic rings. The lowest BCUT2D eigenvalue weighted by Crippen LogP contribution is -2.07. The van der Waals surface area contributed by atoms with E-state index in [-0.39, 0.29) is 16.9 Å². The third kappa shape index (κ3) is 3.90. The van der Waals surface area contributed by atoms with Crippen LogP contribution in [0.4, 0.5) is 17.6 Å². The summed E-state index contributed by atoms with van der Waals surface area (Å²) in [7, 11) is -3.82. The van der Waals surface area contributed by atoms with Gasteiger partial charge in [-0.25, -0.2) is 17.5 Å². The number of halogens is 5. The first kappa shape index (κ1) is 20.3. The van der Waals surface area contributed by atoms with E-state index in [0.717, 1.165) is 34.7 Å². The summed E-state index contributed by atoms with van der Waals surface area (Å²) in [5.41, 5.74) is -0.241. The van der Waals surface area contributed by atoms with E-state index in [1.165, 1.54) is 18.2 Å². The SMILES string of the molecule is Cc1ccc(-n2nc(C(F)(F)F)cc2-c2ccc(S(C)(=O)=O)c(F)c2)cc1Cl. The summed E-state index contributed by atoms with van der Waals surface area (Å²) in [6, 6.07) is 8.44. The van der Waals surface area contributed by atoms with Crippen LogP contribution in [0.3, 0.4) is 0 Å². The lowest BCUT2D eigenvalue weighted by atomic mass is 10.1. The molecule has 0 radical (unpaired) electrons. The second-order valence-electron chi connectivity index (χ2n) is 6.18. The van der Waals surface area contributed by atoms with Gasteiger partial charge in [-0.2, -0.15) is 18.3 Å².